The van der Waals surface area contributed by atoms with Crippen LogP contribution >= 0.6 is 0 Å². The molecule has 1 N–H and O–H groups in total. The van der Waals surface area contributed by atoms with E-state index >= 15 is 0 Å². The Balaban J connectivity index is 1.63. The zero-order chi connectivity index (χ0) is 17.3. The summed E-state index contributed by atoms with van der Waals surface area (Å²) in [6.07, 6.45) is 1.96. The molecule has 0 aliphatic carbocycles. The number of likely N-dealkylation sites (N-methyl/N-ethyl adjacent to an activating group) is 1. The maximum atomic E-state index is 12.8. The van der Waals surface area contributed by atoms with Crippen molar-refractivity contribution in [3.63, 3.8) is 0 Å². The van der Waals surface area contributed by atoms with Gasteiger partial charge in [0.15, 0.2) is 0 Å². The van der Waals surface area contributed by atoms with Gasteiger partial charge in [-0.05, 0) is 32.9 Å². The lowest BCUT2D eigenvalue weighted by atomic mass is 9.94. The minimum atomic E-state index is -0.0338. The molecule has 3 heterocycles. The highest BCUT2D eigenvalue weighted by molar-refractivity contribution is 5.82. The van der Waals surface area contributed by atoms with Crippen molar-refractivity contribution in [2.24, 2.45) is 5.92 Å². The highest BCUT2D eigenvalue weighted by Crippen LogP contribution is 2.28. The summed E-state index contributed by atoms with van der Waals surface area (Å²) in [7, 11) is 3.98. The molecule has 134 valence electrons. The third kappa shape index (κ3) is 3.32. The Morgan fingerprint density at radius 1 is 1.21 bits per heavy atom. The summed E-state index contributed by atoms with van der Waals surface area (Å²) in [5.74, 6) is 3.17. The summed E-state index contributed by atoms with van der Waals surface area (Å²) in [5.41, 5.74) is 0. The van der Waals surface area contributed by atoms with Crippen molar-refractivity contribution in [3.05, 3.63) is 11.6 Å². The number of hydrogen-bond donors (Lipinski definition) is 1. The molecule has 1 aromatic heterocycles. The topological polar surface area (TPSA) is 66.3 Å². The summed E-state index contributed by atoms with van der Waals surface area (Å²) >= 11 is 0. The van der Waals surface area contributed by atoms with Crippen LogP contribution in [0.4, 0.5) is 0 Å². The van der Waals surface area contributed by atoms with Crippen molar-refractivity contribution in [3.8, 4) is 0 Å². The van der Waals surface area contributed by atoms with Gasteiger partial charge >= 0.3 is 0 Å². The second-order valence-corrected chi connectivity index (χ2v) is 7.55. The van der Waals surface area contributed by atoms with Crippen molar-refractivity contribution in [2.45, 2.75) is 51.7 Å². The van der Waals surface area contributed by atoms with Gasteiger partial charge in [0.2, 0.25) is 5.91 Å². The zero-order valence-electron chi connectivity index (χ0n) is 15.3. The lowest BCUT2D eigenvalue weighted by molar-refractivity contribution is -0.138. The molecule has 2 aliphatic rings. The van der Waals surface area contributed by atoms with Gasteiger partial charge in [0.05, 0.1) is 12.6 Å². The zero-order valence-corrected chi connectivity index (χ0v) is 15.3. The number of nitrogens with zero attached hydrogens (tertiary/aromatic N) is 5. The van der Waals surface area contributed by atoms with E-state index in [1.807, 2.05) is 23.9 Å². The fraction of sp³-hybridized carbons (Fsp3) is 0.824. The molecule has 7 nitrogen and oxygen atoms in total. The fourth-order valence-electron chi connectivity index (χ4n) is 4.06. The quantitative estimate of drug-likeness (QED) is 0.877. The van der Waals surface area contributed by atoms with Crippen molar-refractivity contribution in [1.82, 2.24) is 29.9 Å². The molecule has 2 aliphatic heterocycles. The number of amides is 1. The molecule has 0 spiro atoms. The van der Waals surface area contributed by atoms with E-state index in [9.17, 15) is 4.79 Å². The average molecular weight is 334 g/mol. The number of aromatic nitrogens is 3. The van der Waals surface area contributed by atoms with E-state index < -0.39 is 0 Å². The smallest absolute Gasteiger partial charge is 0.240 e. The van der Waals surface area contributed by atoms with E-state index in [2.05, 4.69) is 33.9 Å². The first-order valence-corrected chi connectivity index (χ1v) is 9.07. The Hall–Kier alpha value is -1.47. The Labute approximate surface area is 144 Å². The van der Waals surface area contributed by atoms with Crippen LogP contribution in [0.2, 0.25) is 0 Å². The van der Waals surface area contributed by atoms with Gasteiger partial charge < -0.3 is 14.8 Å². The molecule has 0 radical (unpaired) electrons. The molecule has 0 saturated carbocycles. The van der Waals surface area contributed by atoms with Gasteiger partial charge in [0, 0.05) is 32.1 Å². The first kappa shape index (κ1) is 17.4. The van der Waals surface area contributed by atoms with Crippen LogP contribution in [0, 0.1) is 5.92 Å². The van der Waals surface area contributed by atoms with Gasteiger partial charge in [0.1, 0.15) is 11.6 Å². The van der Waals surface area contributed by atoms with E-state index in [1.165, 1.54) is 0 Å². The number of hydrogen-bond acceptors (Lipinski definition) is 5. The van der Waals surface area contributed by atoms with Crippen LogP contribution < -0.4 is 5.32 Å². The summed E-state index contributed by atoms with van der Waals surface area (Å²) in [6, 6.07) is -0.0338. The SMILES string of the molecule is CC(C)C(C(=O)N1CCC(c2nnc3n2CCNC3)CC1)N(C)C. The van der Waals surface area contributed by atoms with Crippen LogP contribution in [0.5, 0.6) is 0 Å². The largest absolute Gasteiger partial charge is 0.341 e. The Kier molecular flexibility index (Phi) is 5.20. The number of nitrogens with one attached hydrogen (secondary N) is 1. The molecular formula is C17H30N6O. The monoisotopic (exact) mass is 334 g/mol. The summed E-state index contributed by atoms with van der Waals surface area (Å²) < 4.78 is 2.27. The predicted molar refractivity (Wildman–Crippen MR) is 92.6 cm³/mol. The highest BCUT2D eigenvalue weighted by atomic mass is 16.2. The lowest BCUT2D eigenvalue weighted by Gasteiger charge is -2.37. The second kappa shape index (κ2) is 7.19. The maximum Gasteiger partial charge on any atom is 0.240 e. The van der Waals surface area contributed by atoms with Crippen LogP contribution in [0.25, 0.3) is 0 Å². The molecule has 1 unspecified atom stereocenters. The van der Waals surface area contributed by atoms with E-state index in [0.29, 0.717) is 11.8 Å². The minimum Gasteiger partial charge on any atom is -0.341 e. The minimum absolute atomic E-state index is 0.0338. The van der Waals surface area contributed by atoms with Crippen LogP contribution in [-0.2, 0) is 17.9 Å². The molecule has 0 bridgehead atoms. The number of piperidine rings is 1. The molecule has 1 aromatic rings. The molecule has 7 heteroatoms. The molecule has 24 heavy (non-hydrogen) atoms. The van der Waals surface area contributed by atoms with Crippen molar-refractivity contribution in [2.75, 3.05) is 33.7 Å². The third-order valence-corrected chi connectivity index (χ3v) is 5.26. The first-order chi connectivity index (χ1) is 11.5. The number of fused-ring (bicyclic) bond motifs is 1. The standard InChI is InChI=1S/C17H30N6O/c1-12(2)15(21(3)4)17(24)22-8-5-13(6-9-22)16-20-19-14-11-18-7-10-23(14)16/h12-13,15,18H,5-11H2,1-4H3. The van der Waals surface area contributed by atoms with E-state index in [4.69, 9.17) is 0 Å². The van der Waals surface area contributed by atoms with Gasteiger partial charge in [-0.3, -0.25) is 9.69 Å². The summed E-state index contributed by atoms with van der Waals surface area (Å²) in [6.45, 7) is 8.62. The molecular weight excluding hydrogens is 304 g/mol. The van der Waals surface area contributed by atoms with Gasteiger partial charge in [0.25, 0.3) is 0 Å². The van der Waals surface area contributed by atoms with E-state index in [0.717, 1.165) is 57.2 Å². The Morgan fingerprint density at radius 3 is 2.54 bits per heavy atom. The van der Waals surface area contributed by atoms with Crippen LogP contribution in [0.1, 0.15) is 44.3 Å². The van der Waals surface area contributed by atoms with Crippen LogP contribution in [0.3, 0.4) is 0 Å². The fourth-order valence-corrected chi connectivity index (χ4v) is 4.06. The first-order valence-electron chi connectivity index (χ1n) is 9.07. The van der Waals surface area contributed by atoms with Crippen molar-refractivity contribution < 1.29 is 4.79 Å². The highest BCUT2D eigenvalue weighted by Gasteiger charge is 2.33. The van der Waals surface area contributed by atoms with Gasteiger partial charge in [-0.25, -0.2) is 0 Å². The Bertz CT molecular complexity index is 566. The molecule has 1 amide bonds. The van der Waals surface area contributed by atoms with Crippen molar-refractivity contribution in [1.29, 1.82) is 0 Å². The summed E-state index contributed by atoms with van der Waals surface area (Å²) in [4.78, 5) is 16.9. The number of rotatable bonds is 4. The van der Waals surface area contributed by atoms with E-state index in [1.54, 1.807) is 0 Å². The number of carbonyl (C=O) groups excluding carboxylic acids is 1. The van der Waals surface area contributed by atoms with E-state index in [-0.39, 0.29) is 11.9 Å². The molecule has 1 fully saturated rings. The van der Waals surface area contributed by atoms with Crippen molar-refractivity contribution >= 4 is 5.91 Å². The lowest BCUT2D eigenvalue weighted by Crippen LogP contribution is -2.50. The van der Waals surface area contributed by atoms with Crippen LogP contribution in [0.15, 0.2) is 0 Å². The molecule has 1 saturated heterocycles. The van der Waals surface area contributed by atoms with Gasteiger partial charge in [-0.15, -0.1) is 10.2 Å². The molecule has 0 aromatic carbocycles. The third-order valence-electron chi connectivity index (χ3n) is 5.26. The summed E-state index contributed by atoms with van der Waals surface area (Å²) in [5, 5.41) is 12.1. The van der Waals surface area contributed by atoms with Crippen LogP contribution in [-0.4, -0.2) is 70.2 Å². The number of carbonyl (C=O) groups is 1. The second-order valence-electron chi connectivity index (χ2n) is 7.55. The predicted octanol–water partition coefficient (Wildman–Crippen LogP) is 0.674. The van der Waals surface area contributed by atoms with Gasteiger partial charge in [-0.1, -0.05) is 13.8 Å². The molecule has 3 rings (SSSR count). The normalized spacial score (nSPS) is 20.5. The number of likely N-dealkylation sites (tertiary alicyclic amines) is 1. The molecule has 1 atom stereocenters. The maximum absolute atomic E-state index is 12.8. The average Bonchev–Trinajstić information content (AvgIpc) is 2.98. The Morgan fingerprint density at radius 2 is 1.92 bits per heavy atom. The van der Waals surface area contributed by atoms with Gasteiger partial charge in [-0.2, -0.15) is 0 Å².